The number of hydrogen-bond acceptors (Lipinski definition) is 2. The highest BCUT2D eigenvalue weighted by atomic mass is 16.4. The fourth-order valence-electron chi connectivity index (χ4n) is 1.15. The van der Waals surface area contributed by atoms with Crippen LogP contribution in [-0.4, -0.2) is 53.6 Å². The number of aliphatic carboxylic acids is 1. The summed E-state index contributed by atoms with van der Waals surface area (Å²) in [5, 5.41) is 8.83. The molecule has 5 heteroatoms. The lowest BCUT2D eigenvalue weighted by molar-refractivity contribution is -0.142. The lowest BCUT2D eigenvalue weighted by Gasteiger charge is -2.28. The van der Waals surface area contributed by atoms with Gasteiger partial charge in [0.1, 0.15) is 6.04 Å². The zero-order chi connectivity index (χ0) is 11.3. The molecule has 0 aliphatic heterocycles. The topological polar surface area (TPSA) is 60.9 Å². The van der Waals surface area contributed by atoms with E-state index in [1.54, 1.807) is 14.0 Å². The van der Waals surface area contributed by atoms with Crippen LogP contribution in [0.15, 0.2) is 0 Å². The molecule has 1 unspecified atom stereocenters. The molecule has 0 saturated carbocycles. The van der Waals surface area contributed by atoms with E-state index in [0.29, 0.717) is 13.0 Å². The third kappa shape index (κ3) is 2.90. The van der Waals surface area contributed by atoms with Gasteiger partial charge in [0.2, 0.25) is 0 Å². The van der Waals surface area contributed by atoms with Gasteiger partial charge in [-0.25, -0.2) is 9.59 Å². The molecule has 0 aliphatic carbocycles. The van der Waals surface area contributed by atoms with Gasteiger partial charge in [0, 0.05) is 20.6 Å². The minimum absolute atomic E-state index is 0.262. The van der Waals surface area contributed by atoms with Crippen molar-refractivity contribution in [3.05, 3.63) is 0 Å². The summed E-state index contributed by atoms with van der Waals surface area (Å²) < 4.78 is 0. The Labute approximate surface area is 84.3 Å². The average molecular weight is 202 g/mol. The molecule has 0 aromatic carbocycles. The van der Waals surface area contributed by atoms with Crippen LogP contribution in [0.1, 0.15) is 20.3 Å². The summed E-state index contributed by atoms with van der Waals surface area (Å²) in [6.07, 6.45) is 0.412. The summed E-state index contributed by atoms with van der Waals surface area (Å²) in [6.45, 7) is 4.15. The SMILES string of the molecule is CCC(C(=O)O)N(C)C(=O)N(C)CC. The number of amides is 2. The van der Waals surface area contributed by atoms with Gasteiger partial charge in [-0.3, -0.25) is 0 Å². The molecule has 0 aromatic rings. The van der Waals surface area contributed by atoms with E-state index in [0.717, 1.165) is 0 Å². The molecule has 0 fully saturated rings. The first-order valence-corrected chi connectivity index (χ1v) is 4.66. The molecule has 0 saturated heterocycles. The van der Waals surface area contributed by atoms with Crippen LogP contribution in [0.4, 0.5) is 4.79 Å². The van der Waals surface area contributed by atoms with Gasteiger partial charge in [-0.05, 0) is 13.3 Å². The van der Waals surface area contributed by atoms with Gasteiger partial charge < -0.3 is 14.9 Å². The number of nitrogens with zero attached hydrogens (tertiary/aromatic N) is 2. The number of carboxylic acids is 1. The second kappa shape index (κ2) is 5.47. The number of carbonyl (C=O) groups is 2. The van der Waals surface area contributed by atoms with Crippen LogP contribution >= 0.6 is 0 Å². The van der Waals surface area contributed by atoms with Crippen LogP contribution in [0, 0.1) is 0 Å². The van der Waals surface area contributed by atoms with E-state index < -0.39 is 12.0 Å². The maximum atomic E-state index is 11.6. The summed E-state index contributed by atoms with van der Waals surface area (Å²) in [5.41, 5.74) is 0. The highest BCUT2D eigenvalue weighted by molar-refractivity contribution is 5.82. The Bertz CT molecular complexity index is 218. The Balaban J connectivity index is 4.49. The van der Waals surface area contributed by atoms with Crippen LogP contribution in [0.3, 0.4) is 0 Å². The zero-order valence-electron chi connectivity index (χ0n) is 9.15. The van der Waals surface area contributed by atoms with Crippen molar-refractivity contribution < 1.29 is 14.7 Å². The van der Waals surface area contributed by atoms with Crippen molar-refractivity contribution in [1.82, 2.24) is 9.80 Å². The predicted octanol–water partition coefficient (Wildman–Crippen LogP) is 0.853. The van der Waals surface area contributed by atoms with E-state index in [1.165, 1.54) is 16.8 Å². The van der Waals surface area contributed by atoms with Crippen molar-refractivity contribution in [2.24, 2.45) is 0 Å². The molecule has 5 nitrogen and oxygen atoms in total. The Morgan fingerprint density at radius 1 is 1.29 bits per heavy atom. The summed E-state index contributed by atoms with van der Waals surface area (Å²) in [6, 6.07) is -1.00. The molecule has 0 bridgehead atoms. The Kier molecular flexibility index (Phi) is 4.97. The van der Waals surface area contributed by atoms with E-state index in [-0.39, 0.29) is 6.03 Å². The van der Waals surface area contributed by atoms with Gasteiger partial charge in [0.25, 0.3) is 0 Å². The highest BCUT2D eigenvalue weighted by Gasteiger charge is 2.25. The van der Waals surface area contributed by atoms with Crippen molar-refractivity contribution in [3.8, 4) is 0 Å². The normalized spacial score (nSPS) is 12.0. The number of likely N-dealkylation sites (N-methyl/N-ethyl adjacent to an activating group) is 1. The second-order valence-corrected chi connectivity index (χ2v) is 3.17. The monoisotopic (exact) mass is 202 g/mol. The van der Waals surface area contributed by atoms with Crippen LogP contribution in [0.5, 0.6) is 0 Å². The van der Waals surface area contributed by atoms with Crippen molar-refractivity contribution in [1.29, 1.82) is 0 Å². The predicted molar refractivity (Wildman–Crippen MR) is 53.2 cm³/mol. The van der Waals surface area contributed by atoms with Crippen LogP contribution in [0.25, 0.3) is 0 Å². The molecule has 0 aromatic heterocycles. The third-order valence-corrected chi connectivity index (χ3v) is 2.24. The first-order valence-electron chi connectivity index (χ1n) is 4.66. The molecule has 1 N–H and O–H groups in total. The average Bonchev–Trinajstić information content (AvgIpc) is 2.15. The third-order valence-electron chi connectivity index (χ3n) is 2.24. The van der Waals surface area contributed by atoms with Crippen molar-refractivity contribution in [3.63, 3.8) is 0 Å². The van der Waals surface area contributed by atoms with E-state index in [1.807, 2.05) is 6.92 Å². The van der Waals surface area contributed by atoms with Crippen molar-refractivity contribution >= 4 is 12.0 Å². The van der Waals surface area contributed by atoms with Crippen molar-refractivity contribution in [2.75, 3.05) is 20.6 Å². The van der Waals surface area contributed by atoms with Gasteiger partial charge in [-0.1, -0.05) is 6.92 Å². The lowest BCUT2D eigenvalue weighted by atomic mass is 10.2. The largest absolute Gasteiger partial charge is 0.480 e. The maximum absolute atomic E-state index is 11.6. The Hall–Kier alpha value is -1.26. The first-order chi connectivity index (χ1) is 6.45. The van der Waals surface area contributed by atoms with Crippen molar-refractivity contribution in [2.45, 2.75) is 26.3 Å². The van der Waals surface area contributed by atoms with E-state index >= 15 is 0 Å². The molecular formula is C9H18N2O3. The molecule has 0 rings (SSSR count). The molecule has 0 aliphatic rings. The molecule has 2 amide bonds. The maximum Gasteiger partial charge on any atom is 0.326 e. The van der Waals surface area contributed by atoms with E-state index in [9.17, 15) is 9.59 Å². The van der Waals surface area contributed by atoms with Gasteiger partial charge in [-0.2, -0.15) is 0 Å². The molecule has 0 spiro atoms. The van der Waals surface area contributed by atoms with E-state index in [4.69, 9.17) is 5.11 Å². The molecule has 1 atom stereocenters. The van der Waals surface area contributed by atoms with Gasteiger partial charge >= 0.3 is 12.0 Å². The molecule has 82 valence electrons. The van der Waals surface area contributed by atoms with Gasteiger partial charge in [-0.15, -0.1) is 0 Å². The Morgan fingerprint density at radius 3 is 2.07 bits per heavy atom. The fourth-order valence-corrected chi connectivity index (χ4v) is 1.15. The summed E-state index contributed by atoms with van der Waals surface area (Å²) in [5.74, 6) is -0.965. The van der Waals surface area contributed by atoms with E-state index in [2.05, 4.69) is 0 Å². The van der Waals surface area contributed by atoms with Gasteiger partial charge in [0.15, 0.2) is 0 Å². The smallest absolute Gasteiger partial charge is 0.326 e. The first kappa shape index (κ1) is 12.7. The quantitative estimate of drug-likeness (QED) is 0.735. The standard InChI is InChI=1S/C9H18N2O3/c1-5-7(8(12)13)11(4)9(14)10(3)6-2/h7H,5-6H2,1-4H3,(H,12,13). The minimum atomic E-state index is -0.965. The Morgan fingerprint density at radius 2 is 1.79 bits per heavy atom. The molecule has 0 radical (unpaired) electrons. The number of urea groups is 1. The number of carbonyl (C=O) groups excluding carboxylic acids is 1. The number of hydrogen-bond donors (Lipinski definition) is 1. The lowest BCUT2D eigenvalue weighted by Crippen LogP contribution is -2.47. The van der Waals surface area contributed by atoms with Gasteiger partial charge in [0.05, 0.1) is 0 Å². The van der Waals surface area contributed by atoms with Crippen LogP contribution in [-0.2, 0) is 4.79 Å². The molecular weight excluding hydrogens is 184 g/mol. The zero-order valence-corrected chi connectivity index (χ0v) is 9.15. The van der Waals surface area contributed by atoms with Crippen LogP contribution < -0.4 is 0 Å². The number of rotatable bonds is 4. The number of carboxylic acid groups (broad SMARTS) is 1. The fraction of sp³-hybridized carbons (Fsp3) is 0.778. The summed E-state index contributed by atoms with van der Waals surface area (Å²) >= 11 is 0. The minimum Gasteiger partial charge on any atom is -0.480 e. The summed E-state index contributed by atoms with van der Waals surface area (Å²) in [7, 11) is 3.16. The second-order valence-electron chi connectivity index (χ2n) is 3.17. The summed E-state index contributed by atoms with van der Waals surface area (Å²) in [4.78, 5) is 25.1. The molecule has 0 heterocycles. The van der Waals surface area contributed by atoms with Crippen LogP contribution in [0.2, 0.25) is 0 Å². The molecule has 14 heavy (non-hydrogen) atoms. The highest BCUT2D eigenvalue weighted by Crippen LogP contribution is 2.05.